The first-order chi connectivity index (χ1) is 13.0. The van der Waals surface area contributed by atoms with Gasteiger partial charge in [-0.3, -0.25) is 0 Å². The van der Waals surface area contributed by atoms with E-state index in [2.05, 4.69) is 34.1 Å². The number of hydrogen-bond donors (Lipinski definition) is 0. The van der Waals surface area contributed by atoms with Crippen LogP contribution in [0.3, 0.4) is 0 Å². The van der Waals surface area contributed by atoms with E-state index >= 15 is 0 Å². The van der Waals surface area contributed by atoms with E-state index in [1.165, 1.54) is 23.4 Å². The standard InChI is InChI=1S/C22H25F3N2/c23-22(24,25)19-7-5-17(6-8-19)9-13-26-14-11-20(12-15-26)27-16-10-18-3-1-2-4-21(18)27/h1-8,20H,9-16H2. The Labute approximate surface area is 158 Å². The molecule has 2 nitrogen and oxygen atoms in total. The van der Waals surface area contributed by atoms with Crippen LogP contribution in [0.25, 0.3) is 0 Å². The van der Waals surface area contributed by atoms with Crippen molar-refractivity contribution in [2.75, 3.05) is 31.1 Å². The maximum absolute atomic E-state index is 12.6. The second-order valence-electron chi connectivity index (χ2n) is 7.59. The van der Waals surface area contributed by atoms with E-state index in [1.807, 2.05) is 0 Å². The minimum atomic E-state index is -4.26. The number of piperidine rings is 1. The van der Waals surface area contributed by atoms with Gasteiger partial charge < -0.3 is 9.80 Å². The van der Waals surface area contributed by atoms with Crippen LogP contribution in [0, 0.1) is 0 Å². The number of fused-ring (bicyclic) bond motifs is 1. The lowest BCUT2D eigenvalue weighted by Crippen LogP contribution is -2.44. The summed E-state index contributed by atoms with van der Waals surface area (Å²) in [4.78, 5) is 5.01. The topological polar surface area (TPSA) is 6.48 Å². The molecule has 0 spiro atoms. The molecular formula is C22H25F3N2. The molecule has 0 bridgehead atoms. The van der Waals surface area contributed by atoms with Crippen LogP contribution in [-0.4, -0.2) is 37.1 Å². The monoisotopic (exact) mass is 374 g/mol. The Bertz CT molecular complexity index is 762. The molecule has 1 saturated heterocycles. The molecule has 2 aromatic carbocycles. The van der Waals surface area contributed by atoms with Crippen molar-refractivity contribution in [3.8, 4) is 0 Å². The lowest BCUT2D eigenvalue weighted by Gasteiger charge is -2.38. The van der Waals surface area contributed by atoms with Crippen LogP contribution in [0.2, 0.25) is 0 Å². The molecule has 0 atom stereocenters. The quantitative estimate of drug-likeness (QED) is 0.760. The molecule has 0 amide bonds. The van der Waals surface area contributed by atoms with E-state index in [9.17, 15) is 13.2 Å². The van der Waals surface area contributed by atoms with Gasteiger partial charge in [0.1, 0.15) is 0 Å². The molecule has 5 heteroatoms. The van der Waals surface area contributed by atoms with Crippen LogP contribution in [0.1, 0.15) is 29.5 Å². The molecule has 2 aromatic rings. The summed E-state index contributed by atoms with van der Waals surface area (Å²) in [6, 6.07) is 14.9. The third-order valence-electron chi connectivity index (χ3n) is 5.92. The zero-order valence-electron chi connectivity index (χ0n) is 15.4. The first kappa shape index (κ1) is 18.4. The van der Waals surface area contributed by atoms with Gasteiger partial charge in [-0.2, -0.15) is 13.2 Å². The maximum Gasteiger partial charge on any atom is 0.416 e. The molecule has 2 aliphatic rings. The average Bonchev–Trinajstić information content (AvgIpc) is 3.11. The molecular weight excluding hydrogens is 349 g/mol. The number of halogens is 3. The van der Waals surface area contributed by atoms with Crippen molar-refractivity contribution < 1.29 is 13.2 Å². The molecule has 27 heavy (non-hydrogen) atoms. The van der Waals surface area contributed by atoms with Crippen LogP contribution < -0.4 is 4.90 Å². The maximum atomic E-state index is 12.6. The summed E-state index contributed by atoms with van der Waals surface area (Å²) >= 11 is 0. The molecule has 1 fully saturated rings. The average molecular weight is 374 g/mol. The van der Waals surface area contributed by atoms with Crippen molar-refractivity contribution in [2.24, 2.45) is 0 Å². The van der Waals surface area contributed by atoms with Gasteiger partial charge in [0, 0.05) is 37.9 Å². The van der Waals surface area contributed by atoms with E-state index in [-0.39, 0.29) is 0 Å². The van der Waals surface area contributed by atoms with Gasteiger partial charge in [-0.25, -0.2) is 0 Å². The van der Waals surface area contributed by atoms with Crippen LogP contribution >= 0.6 is 0 Å². The van der Waals surface area contributed by atoms with Crippen molar-refractivity contribution in [1.29, 1.82) is 0 Å². The lowest BCUT2D eigenvalue weighted by molar-refractivity contribution is -0.137. The molecule has 0 aromatic heterocycles. The molecule has 144 valence electrons. The van der Waals surface area contributed by atoms with Gasteiger partial charge in [-0.15, -0.1) is 0 Å². The zero-order chi connectivity index (χ0) is 18.9. The summed E-state index contributed by atoms with van der Waals surface area (Å²) in [5.41, 5.74) is 3.26. The molecule has 4 rings (SSSR count). The van der Waals surface area contributed by atoms with Crippen molar-refractivity contribution in [2.45, 2.75) is 37.9 Å². The number of benzene rings is 2. The molecule has 0 unspecified atom stereocenters. The van der Waals surface area contributed by atoms with Crippen LogP contribution in [0.15, 0.2) is 48.5 Å². The van der Waals surface area contributed by atoms with Crippen LogP contribution in [0.4, 0.5) is 18.9 Å². The summed E-state index contributed by atoms with van der Waals surface area (Å²) in [5.74, 6) is 0. The number of nitrogens with zero attached hydrogens (tertiary/aromatic N) is 2. The van der Waals surface area contributed by atoms with E-state index in [4.69, 9.17) is 0 Å². The Morgan fingerprint density at radius 2 is 1.59 bits per heavy atom. The Kier molecular flexibility index (Phi) is 5.13. The van der Waals surface area contributed by atoms with Crippen LogP contribution in [0.5, 0.6) is 0 Å². The van der Waals surface area contributed by atoms with Gasteiger partial charge in [-0.1, -0.05) is 30.3 Å². The lowest BCUT2D eigenvalue weighted by atomic mass is 10.0. The van der Waals surface area contributed by atoms with Gasteiger partial charge in [0.2, 0.25) is 0 Å². The highest BCUT2D eigenvalue weighted by Gasteiger charge is 2.30. The second kappa shape index (κ2) is 7.55. The van der Waals surface area contributed by atoms with Gasteiger partial charge in [0.25, 0.3) is 0 Å². The highest BCUT2D eigenvalue weighted by Crippen LogP contribution is 2.32. The van der Waals surface area contributed by atoms with Crippen LogP contribution in [-0.2, 0) is 19.0 Å². The fourth-order valence-electron chi connectivity index (χ4n) is 4.35. The number of rotatable bonds is 4. The number of alkyl halides is 3. The number of hydrogen-bond acceptors (Lipinski definition) is 2. The van der Waals surface area contributed by atoms with Gasteiger partial charge in [0.15, 0.2) is 0 Å². The summed E-state index contributed by atoms with van der Waals surface area (Å²) < 4.78 is 37.9. The first-order valence-corrected chi connectivity index (χ1v) is 9.74. The molecule has 0 saturated carbocycles. The smallest absolute Gasteiger partial charge is 0.368 e. The second-order valence-corrected chi connectivity index (χ2v) is 7.59. The summed E-state index contributed by atoms with van der Waals surface area (Å²) in [6.07, 6.45) is -0.00302. The Morgan fingerprint density at radius 3 is 2.30 bits per heavy atom. The minimum Gasteiger partial charge on any atom is -0.368 e. The third kappa shape index (κ3) is 4.13. The normalized spacial score (nSPS) is 18.7. The molecule has 2 heterocycles. The summed E-state index contributed by atoms with van der Waals surface area (Å²) in [6.45, 7) is 4.15. The minimum absolute atomic E-state index is 0.571. The Balaban J connectivity index is 1.27. The summed E-state index contributed by atoms with van der Waals surface area (Å²) in [5, 5.41) is 0. The number of para-hydroxylation sites is 1. The highest BCUT2D eigenvalue weighted by molar-refractivity contribution is 5.58. The number of likely N-dealkylation sites (tertiary alicyclic amines) is 1. The largest absolute Gasteiger partial charge is 0.416 e. The highest BCUT2D eigenvalue weighted by atomic mass is 19.4. The van der Waals surface area contributed by atoms with E-state index in [1.54, 1.807) is 12.1 Å². The van der Waals surface area contributed by atoms with Crippen molar-refractivity contribution in [1.82, 2.24) is 4.90 Å². The van der Waals surface area contributed by atoms with Gasteiger partial charge in [0.05, 0.1) is 5.56 Å². The van der Waals surface area contributed by atoms with E-state index in [0.717, 1.165) is 57.4 Å². The van der Waals surface area contributed by atoms with E-state index in [0.29, 0.717) is 6.04 Å². The summed E-state index contributed by atoms with van der Waals surface area (Å²) in [7, 11) is 0. The molecule has 0 N–H and O–H groups in total. The molecule has 0 aliphatic carbocycles. The predicted molar refractivity (Wildman–Crippen MR) is 102 cm³/mol. The fourth-order valence-corrected chi connectivity index (χ4v) is 4.35. The Hall–Kier alpha value is -2.01. The van der Waals surface area contributed by atoms with Gasteiger partial charge in [-0.05, 0) is 55.0 Å². The third-order valence-corrected chi connectivity index (χ3v) is 5.92. The fraction of sp³-hybridized carbons (Fsp3) is 0.455. The SMILES string of the molecule is FC(F)(F)c1ccc(CCN2CCC(N3CCc4ccccc43)CC2)cc1. The van der Waals surface area contributed by atoms with Crippen molar-refractivity contribution >= 4 is 5.69 Å². The van der Waals surface area contributed by atoms with Crippen molar-refractivity contribution in [3.05, 3.63) is 65.2 Å². The van der Waals surface area contributed by atoms with E-state index < -0.39 is 11.7 Å². The molecule has 0 radical (unpaired) electrons. The zero-order valence-corrected chi connectivity index (χ0v) is 15.4. The molecule has 2 aliphatic heterocycles. The first-order valence-electron chi connectivity index (χ1n) is 9.74. The number of anilines is 1. The van der Waals surface area contributed by atoms with Gasteiger partial charge >= 0.3 is 6.18 Å². The Morgan fingerprint density at radius 1 is 0.889 bits per heavy atom. The van der Waals surface area contributed by atoms with Crippen molar-refractivity contribution in [3.63, 3.8) is 0 Å². The predicted octanol–water partition coefficient (Wildman–Crippen LogP) is 4.78.